The van der Waals surface area contributed by atoms with Crippen molar-refractivity contribution in [2.75, 3.05) is 6.61 Å². The molecule has 158 valence electrons. The highest BCUT2D eigenvalue weighted by Crippen LogP contribution is 2.30. The summed E-state index contributed by atoms with van der Waals surface area (Å²) in [4.78, 5) is 3.11. The summed E-state index contributed by atoms with van der Waals surface area (Å²) in [6.45, 7) is 16.6. The van der Waals surface area contributed by atoms with Crippen molar-refractivity contribution in [1.29, 1.82) is 0 Å². The van der Waals surface area contributed by atoms with Gasteiger partial charge in [0.25, 0.3) is 0 Å². The van der Waals surface area contributed by atoms with E-state index in [2.05, 4.69) is 75.0 Å². The number of aliphatic hydroxyl groups excluding tert-OH is 1. The standard InChI is InChI=1S/C12H13N3S2.C11H20O/c1-8(16)3-4-9(2)17-10-5-6-11-12(7-10)14-15-13-11;1-10(6-5-9-12)7-8-11(2,3)4/h5-7,16H,1-4H2,(H,13,14,15);5-7,12H,8-9H2,1-4H3/b;6-5-,10-7-. The van der Waals surface area contributed by atoms with Crippen molar-refractivity contribution >= 4 is 35.4 Å². The number of fused-ring (bicyclic) bond motifs is 1. The van der Waals surface area contributed by atoms with E-state index in [1.807, 2.05) is 24.3 Å². The van der Waals surface area contributed by atoms with Crippen LogP contribution in [0.1, 0.15) is 47.0 Å². The van der Waals surface area contributed by atoms with Crippen molar-refractivity contribution in [3.05, 3.63) is 65.0 Å². The number of nitrogens with one attached hydrogen (secondary N) is 1. The summed E-state index contributed by atoms with van der Waals surface area (Å²) in [7, 11) is 0. The normalized spacial score (nSPS) is 12.1. The van der Waals surface area contributed by atoms with Gasteiger partial charge in [-0.15, -0.1) is 12.6 Å². The number of allylic oxidation sites excluding steroid dienone is 5. The number of rotatable bonds is 8. The summed E-state index contributed by atoms with van der Waals surface area (Å²) >= 11 is 5.82. The molecule has 0 bridgehead atoms. The second kappa shape index (κ2) is 12.7. The van der Waals surface area contributed by atoms with Gasteiger partial charge in [0.15, 0.2) is 0 Å². The van der Waals surface area contributed by atoms with Crippen LogP contribution >= 0.6 is 24.4 Å². The molecule has 0 aliphatic rings. The SMILES string of the molecule is C=C(S)CCC(=C)Sc1ccc2n[nH]nc2c1.CC(/C=C\CO)=C/CC(C)(C)C. The van der Waals surface area contributed by atoms with Crippen LogP contribution in [0.3, 0.4) is 0 Å². The molecular formula is C23H33N3OS2. The van der Waals surface area contributed by atoms with Gasteiger partial charge in [0.2, 0.25) is 0 Å². The van der Waals surface area contributed by atoms with E-state index in [1.165, 1.54) is 5.57 Å². The van der Waals surface area contributed by atoms with E-state index in [9.17, 15) is 0 Å². The van der Waals surface area contributed by atoms with Crippen molar-refractivity contribution in [2.45, 2.75) is 51.9 Å². The van der Waals surface area contributed by atoms with Gasteiger partial charge in [-0.3, -0.25) is 0 Å². The molecule has 6 heteroatoms. The molecule has 1 heterocycles. The van der Waals surface area contributed by atoms with Crippen LogP contribution in [0.25, 0.3) is 11.0 Å². The van der Waals surface area contributed by atoms with Crippen LogP contribution in [0, 0.1) is 5.41 Å². The van der Waals surface area contributed by atoms with E-state index in [0.29, 0.717) is 5.41 Å². The Kier molecular flexibility index (Phi) is 11.1. The van der Waals surface area contributed by atoms with Crippen LogP contribution in [0.4, 0.5) is 0 Å². The summed E-state index contributed by atoms with van der Waals surface area (Å²) in [5.74, 6) is 0. The molecule has 2 N–H and O–H groups in total. The summed E-state index contributed by atoms with van der Waals surface area (Å²) in [5.41, 5.74) is 3.33. The first-order chi connectivity index (χ1) is 13.6. The molecule has 4 nitrogen and oxygen atoms in total. The van der Waals surface area contributed by atoms with Gasteiger partial charge < -0.3 is 5.11 Å². The summed E-state index contributed by atoms with van der Waals surface area (Å²) in [6, 6.07) is 5.98. The Balaban J connectivity index is 0.000000311. The van der Waals surface area contributed by atoms with Crippen LogP contribution in [-0.4, -0.2) is 27.1 Å². The summed E-state index contributed by atoms with van der Waals surface area (Å²) in [5, 5.41) is 19.2. The largest absolute Gasteiger partial charge is 0.392 e. The van der Waals surface area contributed by atoms with Gasteiger partial charge in [-0.2, -0.15) is 15.4 Å². The molecule has 0 aliphatic heterocycles. The van der Waals surface area contributed by atoms with Gasteiger partial charge in [-0.1, -0.05) is 69.5 Å². The number of aromatic amines is 1. The van der Waals surface area contributed by atoms with E-state index in [4.69, 9.17) is 5.11 Å². The summed E-state index contributed by atoms with van der Waals surface area (Å²) in [6.07, 6.45) is 8.74. The minimum absolute atomic E-state index is 0.126. The van der Waals surface area contributed by atoms with Gasteiger partial charge >= 0.3 is 0 Å². The molecule has 0 spiro atoms. The zero-order valence-corrected chi connectivity index (χ0v) is 19.6. The zero-order valence-electron chi connectivity index (χ0n) is 17.9. The number of aliphatic hydroxyl groups is 1. The first-order valence-corrected chi connectivity index (χ1v) is 10.8. The number of hydrogen-bond donors (Lipinski definition) is 3. The fraction of sp³-hybridized carbons (Fsp3) is 0.391. The Morgan fingerprint density at radius 3 is 2.52 bits per heavy atom. The van der Waals surface area contributed by atoms with Gasteiger partial charge in [0, 0.05) is 4.90 Å². The molecule has 0 atom stereocenters. The Bertz CT molecular complexity index is 860. The molecule has 2 rings (SSSR count). The lowest BCUT2D eigenvalue weighted by Crippen LogP contribution is -2.02. The van der Waals surface area contributed by atoms with Crippen LogP contribution in [0.15, 0.2) is 69.9 Å². The number of benzene rings is 1. The van der Waals surface area contributed by atoms with E-state index in [-0.39, 0.29) is 6.61 Å². The molecule has 0 radical (unpaired) electrons. The van der Waals surface area contributed by atoms with Gasteiger partial charge in [0.1, 0.15) is 11.0 Å². The summed E-state index contributed by atoms with van der Waals surface area (Å²) < 4.78 is 0. The second-order valence-corrected chi connectivity index (χ2v) is 9.86. The average Bonchev–Trinajstić information content (AvgIpc) is 3.11. The first-order valence-electron chi connectivity index (χ1n) is 9.58. The number of thioether (sulfide) groups is 1. The zero-order chi connectivity index (χ0) is 21.9. The third-order valence-corrected chi connectivity index (χ3v) is 4.97. The monoisotopic (exact) mass is 431 g/mol. The fourth-order valence-electron chi connectivity index (χ4n) is 2.16. The van der Waals surface area contributed by atoms with Gasteiger partial charge in [-0.25, -0.2) is 0 Å². The molecule has 0 unspecified atom stereocenters. The maximum absolute atomic E-state index is 8.53. The van der Waals surface area contributed by atoms with E-state index in [1.54, 1.807) is 17.8 Å². The average molecular weight is 432 g/mol. The maximum Gasteiger partial charge on any atom is 0.114 e. The number of thiol groups is 1. The smallest absolute Gasteiger partial charge is 0.114 e. The topological polar surface area (TPSA) is 61.8 Å². The lowest BCUT2D eigenvalue weighted by molar-refractivity contribution is 0.342. The second-order valence-electron chi connectivity index (χ2n) is 7.98. The Labute approximate surface area is 184 Å². The molecular weight excluding hydrogens is 398 g/mol. The Morgan fingerprint density at radius 1 is 1.21 bits per heavy atom. The predicted octanol–water partition coefficient (Wildman–Crippen LogP) is 6.70. The Morgan fingerprint density at radius 2 is 1.90 bits per heavy atom. The van der Waals surface area contributed by atoms with E-state index in [0.717, 1.165) is 45.0 Å². The van der Waals surface area contributed by atoms with Crippen molar-refractivity contribution in [3.63, 3.8) is 0 Å². The quantitative estimate of drug-likeness (QED) is 0.247. The molecule has 0 saturated heterocycles. The van der Waals surface area contributed by atoms with Crippen molar-refractivity contribution in [3.8, 4) is 0 Å². The number of nitrogens with zero attached hydrogens (tertiary/aromatic N) is 2. The van der Waals surface area contributed by atoms with Crippen LogP contribution in [-0.2, 0) is 0 Å². The number of H-pyrrole nitrogens is 1. The molecule has 0 saturated carbocycles. The lowest BCUT2D eigenvalue weighted by Gasteiger charge is -2.14. The van der Waals surface area contributed by atoms with Gasteiger partial charge in [0.05, 0.1) is 6.61 Å². The minimum Gasteiger partial charge on any atom is -0.392 e. The van der Waals surface area contributed by atoms with Crippen molar-refractivity contribution < 1.29 is 5.11 Å². The maximum atomic E-state index is 8.53. The van der Waals surface area contributed by atoms with Gasteiger partial charge in [-0.05, 0) is 59.6 Å². The number of aromatic nitrogens is 3. The highest BCUT2D eigenvalue weighted by Gasteiger charge is 2.06. The third-order valence-electron chi connectivity index (χ3n) is 3.76. The molecule has 0 fully saturated rings. The first kappa shape index (κ1) is 25.3. The Hall–Kier alpha value is -1.76. The fourth-order valence-corrected chi connectivity index (χ4v) is 3.11. The minimum atomic E-state index is 0.126. The molecule has 1 aromatic heterocycles. The third kappa shape index (κ3) is 11.7. The molecule has 2 aromatic rings. The molecule has 29 heavy (non-hydrogen) atoms. The van der Waals surface area contributed by atoms with Crippen LogP contribution in [0.5, 0.6) is 0 Å². The molecule has 0 amide bonds. The highest BCUT2D eigenvalue weighted by atomic mass is 32.2. The van der Waals surface area contributed by atoms with Crippen molar-refractivity contribution in [1.82, 2.24) is 15.4 Å². The van der Waals surface area contributed by atoms with E-state index >= 15 is 0 Å². The van der Waals surface area contributed by atoms with Crippen LogP contribution < -0.4 is 0 Å². The van der Waals surface area contributed by atoms with Crippen LogP contribution in [0.2, 0.25) is 0 Å². The van der Waals surface area contributed by atoms with E-state index < -0.39 is 0 Å². The number of hydrogen-bond acceptors (Lipinski definition) is 5. The highest BCUT2D eigenvalue weighted by molar-refractivity contribution is 8.03. The molecule has 1 aromatic carbocycles. The lowest BCUT2D eigenvalue weighted by atomic mass is 9.91. The molecule has 0 aliphatic carbocycles. The predicted molar refractivity (Wildman–Crippen MR) is 130 cm³/mol. The van der Waals surface area contributed by atoms with Crippen molar-refractivity contribution in [2.24, 2.45) is 5.41 Å².